The second-order valence-corrected chi connectivity index (χ2v) is 6.94. The number of ether oxygens (including phenoxy) is 2. The fourth-order valence-corrected chi connectivity index (χ4v) is 2.43. The van der Waals surface area contributed by atoms with Crippen LogP contribution >= 0.6 is 0 Å². The molecule has 6 heteroatoms. The number of nitro benzene ring substituents is 1. The second-order valence-electron chi connectivity index (χ2n) is 6.94. The van der Waals surface area contributed by atoms with E-state index in [1.807, 2.05) is 12.1 Å². The molecule has 0 heterocycles. The van der Waals surface area contributed by atoms with Crippen molar-refractivity contribution < 1.29 is 19.2 Å². The number of hydrogen-bond acceptors (Lipinski definition) is 5. The van der Waals surface area contributed by atoms with Gasteiger partial charge in [-0.05, 0) is 48.1 Å². The number of carbonyl (C=O) groups is 1. The van der Waals surface area contributed by atoms with Crippen LogP contribution in [0.15, 0.2) is 48.5 Å². The van der Waals surface area contributed by atoms with Crippen molar-refractivity contribution in [2.75, 3.05) is 6.61 Å². The summed E-state index contributed by atoms with van der Waals surface area (Å²) >= 11 is 0. The predicted molar refractivity (Wildman–Crippen MR) is 103 cm³/mol. The van der Waals surface area contributed by atoms with Crippen molar-refractivity contribution in [3.8, 4) is 11.5 Å². The summed E-state index contributed by atoms with van der Waals surface area (Å²) in [6, 6.07) is 13.5. The van der Waals surface area contributed by atoms with Crippen LogP contribution in [0.4, 0.5) is 5.69 Å². The van der Waals surface area contributed by atoms with Crippen molar-refractivity contribution >= 4 is 11.7 Å². The summed E-state index contributed by atoms with van der Waals surface area (Å²) in [5.41, 5.74) is 1.36. The third-order valence-corrected chi connectivity index (χ3v) is 4.59. The minimum Gasteiger partial charge on any atom is -0.494 e. The van der Waals surface area contributed by atoms with E-state index in [0.717, 1.165) is 12.2 Å². The van der Waals surface area contributed by atoms with E-state index in [1.165, 1.54) is 29.8 Å². The van der Waals surface area contributed by atoms with Crippen LogP contribution in [0.1, 0.15) is 45.6 Å². The Morgan fingerprint density at radius 2 is 1.63 bits per heavy atom. The highest BCUT2D eigenvalue weighted by atomic mass is 16.6. The summed E-state index contributed by atoms with van der Waals surface area (Å²) in [6.45, 7) is 6.99. The van der Waals surface area contributed by atoms with E-state index in [-0.39, 0.29) is 17.5 Å². The van der Waals surface area contributed by atoms with Crippen LogP contribution in [0.2, 0.25) is 0 Å². The Morgan fingerprint density at radius 3 is 2.19 bits per heavy atom. The van der Waals surface area contributed by atoms with E-state index in [9.17, 15) is 14.9 Å². The molecule has 0 saturated heterocycles. The van der Waals surface area contributed by atoms with Gasteiger partial charge in [0.1, 0.15) is 11.5 Å². The highest BCUT2D eigenvalue weighted by molar-refractivity contribution is 5.72. The van der Waals surface area contributed by atoms with Crippen LogP contribution in [0.5, 0.6) is 11.5 Å². The van der Waals surface area contributed by atoms with Crippen LogP contribution in [0, 0.1) is 10.1 Å². The normalized spacial score (nSPS) is 11.1. The molecule has 0 spiro atoms. The van der Waals surface area contributed by atoms with E-state index in [2.05, 4.69) is 32.9 Å². The van der Waals surface area contributed by atoms with E-state index in [1.54, 1.807) is 0 Å². The predicted octanol–water partition coefficient (Wildman–Crippen LogP) is 5.05. The van der Waals surface area contributed by atoms with Crippen LogP contribution < -0.4 is 9.47 Å². The van der Waals surface area contributed by atoms with Gasteiger partial charge in [-0.3, -0.25) is 14.9 Å². The molecule has 0 unspecified atom stereocenters. The van der Waals surface area contributed by atoms with Gasteiger partial charge in [0.25, 0.3) is 5.69 Å². The molecule has 0 saturated carbocycles. The standard InChI is InChI=1S/C21H25NO5/c1-4-21(2,3)16-7-11-18(12-8-16)26-15-5-6-20(23)27-19-13-9-17(10-14-19)22(24)25/h7-14H,4-6,15H2,1-3H3. The molecule has 2 rings (SSSR count). The van der Waals surface area contributed by atoms with E-state index in [4.69, 9.17) is 9.47 Å². The topological polar surface area (TPSA) is 78.7 Å². The van der Waals surface area contributed by atoms with Gasteiger partial charge in [0, 0.05) is 18.6 Å². The smallest absolute Gasteiger partial charge is 0.311 e. The Labute approximate surface area is 159 Å². The third-order valence-electron chi connectivity index (χ3n) is 4.59. The maximum Gasteiger partial charge on any atom is 0.311 e. The molecule has 0 aliphatic heterocycles. The maximum atomic E-state index is 11.8. The van der Waals surface area contributed by atoms with Gasteiger partial charge in [-0.15, -0.1) is 0 Å². The molecule has 2 aromatic rings. The summed E-state index contributed by atoms with van der Waals surface area (Å²) < 4.78 is 10.8. The number of non-ortho nitro benzene ring substituents is 1. The molecular formula is C21H25NO5. The lowest BCUT2D eigenvalue weighted by atomic mass is 9.82. The van der Waals surface area contributed by atoms with E-state index < -0.39 is 10.9 Å². The quantitative estimate of drug-likeness (QED) is 0.203. The third kappa shape index (κ3) is 6.09. The SMILES string of the molecule is CCC(C)(C)c1ccc(OCCCC(=O)Oc2ccc([N+](=O)[O-])cc2)cc1. The molecule has 2 aromatic carbocycles. The van der Waals surface area contributed by atoms with Gasteiger partial charge in [0.15, 0.2) is 0 Å². The van der Waals surface area contributed by atoms with Crippen molar-refractivity contribution in [2.45, 2.75) is 45.4 Å². The molecule has 0 aromatic heterocycles. The van der Waals surface area contributed by atoms with Gasteiger partial charge < -0.3 is 9.47 Å². The van der Waals surface area contributed by atoms with Crippen molar-refractivity contribution in [2.24, 2.45) is 0 Å². The van der Waals surface area contributed by atoms with Gasteiger partial charge in [0.2, 0.25) is 0 Å². The number of nitrogens with zero attached hydrogens (tertiary/aromatic N) is 1. The molecule has 0 amide bonds. The number of hydrogen-bond donors (Lipinski definition) is 0. The minimum absolute atomic E-state index is 0.0449. The first kappa shape index (κ1) is 20.4. The zero-order valence-electron chi connectivity index (χ0n) is 15.9. The number of benzene rings is 2. The van der Waals surface area contributed by atoms with Crippen LogP contribution in [-0.2, 0) is 10.2 Å². The first-order valence-electron chi connectivity index (χ1n) is 9.00. The van der Waals surface area contributed by atoms with Crippen molar-refractivity contribution in [3.63, 3.8) is 0 Å². The average Bonchev–Trinajstić information content (AvgIpc) is 2.66. The molecule has 0 aliphatic rings. The van der Waals surface area contributed by atoms with Gasteiger partial charge >= 0.3 is 5.97 Å². The van der Waals surface area contributed by atoms with Gasteiger partial charge in [-0.25, -0.2) is 0 Å². The Bertz CT molecular complexity index is 766. The molecule has 0 aliphatic carbocycles. The monoisotopic (exact) mass is 371 g/mol. The molecule has 144 valence electrons. The summed E-state index contributed by atoms with van der Waals surface area (Å²) in [6.07, 6.45) is 1.79. The van der Waals surface area contributed by atoms with Crippen molar-refractivity contribution in [1.29, 1.82) is 0 Å². The fourth-order valence-electron chi connectivity index (χ4n) is 2.43. The number of nitro groups is 1. The van der Waals surface area contributed by atoms with E-state index in [0.29, 0.717) is 18.8 Å². The Hall–Kier alpha value is -2.89. The minimum atomic E-state index is -0.501. The molecule has 0 atom stereocenters. The van der Waals surface area contributed by atoms with Crippen LogP contribution in [-0.4, -0.2) is 17.5 Å². The lowest BCUT2D eigenvalue weighted by Gasteiger charge is -2.23. The fraction of sp³-hybridized carbons (Fsp3) is 0.381. The molecule has 0 bridgehead atoms. The Balaban J connectivity index is 1.73. The largest absolute Gasteiger partial charge is 0.494 e. The Morgan fingerprint density at radius 1 is 1.04 bits per heavy atom. The summed E-state index contributed by atoms with van der Waals surface area (Å²) in [4.78, 5) is 21.9. The first-order valence-corrected chi connectivity index (χ1v) is 9.00. The van der Waals surface area contributed by atoms with E-state index >= 15 is 0 Å². The average molecular weight is 371 g/mol. The molecule has 27 heavy (non-hydrogen) atoms. The second kappa shape index (κ2) is 9.16. The van der Waals surface area contributed by atoms with Gasteiger partial charge in [-0.2, -0.15) is 0 Å². The molecule has 0 fully saturated rings. The molecule has 0 N–H and O–H groups in total. The summed E-state index contributed by atoms with van der Waals surface area (Å²) in [5.74, 6) is 0.669. The van der Waals surface area contributed by atoms with Gasteiger partial charge in [-0.1, -0.05) is 32.9 Å². The molecule has 6 nitrogen and oxygen atoms in total. The molecular weight excluding hydrogens is 346 g/mol. The summed E-state index contributed by atoms with van der Waals surface area (Å²) in [5, 5.41) is 10.6. The first-order chi connectivity index (χ1) is 12.8. The molecule has 0 radical (unpaired) electrons. The van der Waals surface area contributed by atoms with Crippen LogP contribution in [0.3, 0.4) is 0 Å². The van der Waals surface area contributed by atoms with Gasteiger partial charge in [0.05, 0.1) is 11.5 Å². The lowest BCUT2D eigenvalue weighted by molar-refractivity contribution is -0.384. The van der Waals surface area contributed by atoms with Crippen LogP contribution in [0.25, 0.3) is 0 Å². The Kier molecular flexibility index (Phi) is 6.93. The number of esters is 1. The maximum absolute atomic E-state index is 11.8. The highest BCUT2D eigenvalue weighted by Crippen LogP contribution is 2.28. The zero-order valence-corrected chi connectivity index (χ0v) is 15.9. The van der Waals surface area contributed by atoms with Crippen molar-refractivity contribution in [3.05, 3.63) is 64.2 Å². The number of rotatable bonds is 9. The zero-order chi connectivity index (χ0) is 19.9. The van der Waals surface area contributed by atoms with Crippen molar-refractivity contribution in [1.82, 2.24) is 0 Å². The number of carbonyl (C=O) groups excluding carboxylic acids is 1. The lowest BCUT2D eigenvalue weighted by Crippen LogP contribution is -2.15. The highest BCUT2D eigenvalue weighted by Gasteiger charge is 2.17. The summed E-state index contributed by atoms with van der Waals surface area (Å²) in [7, 11) is 0.